The van der Waals surface area contributed by atoms with Crippen molar-refractivity contribution in [3.8, 4) is 0 Å². The van der Waals surface area contributed by atoms with Crippen LogP contribution >= 0.6 is 0 Å². The maximum Gasteiger partial charge on any atom is 0.0912 e. The third kappa shape index (κ3) is 3.30. The number of hydrogen-bond acceptors (Lipinski definition) is 2. The van der Waals surface area contributed by atoms with E-state index in [1.807, 2.05) is 6.07 Å². The van der Waals surface area contributed by atoms with Crippen LogP contribution in [0.4, 0.5) is 0 Å². The Morgan fingerprint density at radius 2 is 1.88 bits per heavy atom. The fourth-order valence-corrected chi connectivity index (χ4v) is 2.77. The first kappa shape index (κ1) is 12.6. The van der Waals surface area contributed by atoms with E-state index >= 15 is 0 Å². The highest BCUT2D eigenvalue weighted by Crippen LogP contribution is 2.32. The SMILES string of the molecule is NCC(O)c1cccc(C2CCCCCC2)c1. The Hall–Kier alpha value is -0.860. The van der Waals surface area contributed by atoms with E-state index in [4.69, 9.17) is 5.73 Å². The molecule has 1 aromatic carbocycles. The summed E-state index contributed by atoms with van der Waals surface area (Å²) in [6.07, 6.45) is 7.51. The molecule has 1 aliphatic rings. The number of benzene rings is 1. The Morgan fingerprint density at radius 3 is 2.53 bits per heavy atom. The standard InChI is InChI=1S/C15H23NO/c16-11-15(17)14-9-5-8-13(10-14)12-6-3-1-2-4-7-12/h5,8-10,12,15,17H,1-4,6-7,11,16H2. The first-order valence-corrected chi connectivity index (χ1v) is 6.79. The molecule has 0 amide bonds. The predicted octanol–water partition coefficient (Wildman–Crippen LogP) is 3.12. The Kier molecular flexibility index (Phi) is 4.57. The third-order valence-corrected chi connectivity index (χ3v) is 3.85. The van der Waals surface area contributed by atoms with Crippen molar-refractivity contribution in [3.05, 3.63) is 35.4 Å². The lowest BCUT2D eigenvalue weighted by Crippen LogP contribution is -2.12. The lowest BCUT2D eigenvalue weighted by Gasteiger charge is -2.17. The quantitative estimate of drug-likeness (QED) is 0.788. The van der Waals surface area contributed by atoms with Gasteiger partial charge in [0, 0.05) is 6.54 Å². The summed E-state index contributed by atoms with van der Waals surface area (Å²) in [6.45, 7) is 0.300. The summed E-state index contributed by atoms with van der Waals surface area (Å²) < 4.78 is 0. The van der Waals surface area contributed by atoms with E-state index in [1.165, 1.54) is 44.1 Å². The molecule has 3 N–H and O–H groups in total. The molecule has 2 nitrogen and oxygen atoms in total. The summed E-state index contributed by atoms with van der Waals surface area (Å²) >= 11 is 0. The highest BCUT2D eigenvalue weighted by molar-refractivity contribution is 5.28. The summed E-state index contributed by atoms with van der Waals surface area (Å²) in [5.74, 6) is 0.683. The van der Waals surface area contributed by atoms with Crippen LogP contribution in [0.5, 0.6) is 0 Å². The average Bonchev–Trinajstić information content (AvgIpc) is 2.67. The molecule has 1 saturated carbocycles. The molecule has 94 valence electrons. The lowest BCUT2D eigenvalue weighted by molar-refractivity contribution is 0.186. The average molecular weight is 233 g/mol. The van der Waals surface area contributed by atoms with Gasteiger partial charge in [0.1, 0.15) is 0 Å². The molecule has 17 heavy (non-hydrogen) atoms. The molecule has 1 aromatic rings. The summed E-state index contributed by atoms with van der Waals surface area (Å²) in [5.41, 5.74) is 7.86. The molecule has 0 saturated heterocycles. The van der Waals surface area contributed by atoms with E-state index in [0.29, 0.717) is 12.5 Å². The number of nitrogens with two attached hydrogens (primary N) is 1. The largest absolute Gasteiger partial charge is 0.387 e. The maximum atomic E-state index is 9.78. The Bertz CT molecular complexity index is 343. The molecule has 2 rings (SSSR count). The monoisotopic (exact) mass is 233 g/mol. The van der Waals surface area contributed by atoms with Crippen LogP contribution < -0.4 is 5.73 Å². The Morgan fingerprint density at radius 1 is 1.18 bits per heavy atom. The molecule has 0 aromatic heterocycles. The summed E-state index contributed by atoms with van der Waals surface area (Å²) in [6, 6.07) is 8.36. The molecule has 0 heterocycles. The summed E-state index contributed by atoms with van der Waals surface area (Å²) in [5, 5.41) is 9.78. The fourth-order valence-electron chi connectivity index (χ4n) is 2.77. The van der Waals surface area contributed by atoms with Crippen molar-refractivity contribution in [2.45, 2.75) is 50.5 Å². The number of rotatable bonds is 3. The van der Waals surface area contributed by atoms with Crippen molar-refractivity contribution in [3.63, 3.8) is 0 Å². The van der Waals surface area contributed by atoms with E-state index in [1.54, 1.807) is 0 Å². The maximum absolute atomic E-state index is 9.78. The zero-order valence-electron chi connectivity index (χ0n) is 10.4. The topological polar surface area (TPSA) is 46.2 Å². The van der Waals surface area contributed by atoms with Crippen molar-refractivity contribution < 1.29 is 5.11 Å². The molecule has 1 aliphatic carbocycles. The first-order chi connectivity index (χ1) is 8.31. The van der Waals surface area contributed by atoms with Gasteiger partial charge in [-0.2, -0.15) is 0 Å². The normalized spacial score (nSPS) is 19.9. The van der Waals surface area contributed by atoms with Crippen molar-refractivity contribution in [1.29, 1.82) is 0 Å². The number of aliphatic hydroxyl groups excluding tert-OH is 1. The summed E-state index contributed by atoms with van der Waals surface area (Å²) in [7, 11) is 0. The molecular weight excluding hydrogens is 210 g/mol. The van der Waals surface area contributed by atoms with Crippen molar-refractivity contribution >= 4 is 0 Å². The fraction of sp³-hybridized carbons (Fsp3) is 0.600. The minimum atomic E-state index is -0.513. The van der Waals surface area contributed by atoms with Gasteiger partial charge in [0.2, 0.25) is 0 Å². The van der Waals surface area contributed by atoms with Crippen LogP contribution in [-0.4, -0.2) is 11.7 Å². The van der Waals surface area contributed by atoms with Crippen molar-refractivity contribution in [2.75, 3.05) is 6.54 Å². The summed E-state index contributed by atoms with van der Waals surface area (Å²) in [4.78, 5) is 0. The molecule has 2 heteroatoms. The first-order valence-electron chi connectivity index (χ1n) is 6.79. The highest BCUT2D eigenvalue weighted by Gasteiger charge is 2.15. The van der Waals surface area contributed by atoms with Gasteiger partial charge in [-0.05, 0) is 29.9 Å². The van der Waals surface area contributed by atoms with Crippen LogP contribution in [0.1, 0.15) is 61.7 Å². The van der Waals surface area contributed by atoms with Crippen LogP contribution in [0.2, 0.25) is 0 Å². The second kappa shape index (κ2) is 6.18. The van der Waals surface area contributed by atoms with Crippen LogP contribution in [0.15, 0.2) is 24.3 Å². The molecule has 0 radical (unpaired) electrons. The van der Waals surface area contributed by atoms with Crippen molar-refractivity contribution in [2.24, 2.45) is 5.73 Å². The van der Waals surface area contributed by atoms with Crippen LogP contribution in [0.25, 0.3) is 0 Å². The molecule has 0 spiro atoms. The highest BCUT2D eigenvalue weighted by atomic mass is 16.3. The van der Waals surface area contributed by atoms with E-state index in [9.17, 15) is 5.11 Å². The second-order valence-electron chi connectivity index (χ2n) is 5.11. The van der Waals surface area contributed by atoms with Crippen molar-refractivity contribution in [1.82, 2.24) is 0 Å². The predicted molar refractivity (Wildman–Crippen MR) is 70.9 cm³/mol. The lowest BCUT2D eigenvalue weighted by atomic mass is 9.90. The molecule has 0 aliphatic heterocycles. The van der Waals surface area contributed by atoms with E-state index in [2.05, 4.69) is 18.2 Å². The zero-order valence-corrected chi connectivity index (χ0v) is 10.4. The minimum absolute atomic E-state index is 0.300. The van der Waals surface area contributed by atoms with E-state index in [-0.39, 0.29) is 0 Å². The molecule has 1 fully saturated rings. The molecular formula is C15H23NO. The second-order valence-corrected chi connectivity index (χ2v) is 5.11. The third-order valence-electron chi connectivity index (χ3n) is 3.85. The van der Waals surface area contributed by atoms with Crippen LogP contribution in [0.3, 0.4) is 0 Å². The van der Waals surface area contributed by atoms with Gasteiger partial charge in [-0.25, -0.2) is 0 Å². The molecule has 0 bridgehead atoms. The van der Waals surface area contributed by atoms with Gasteiger partial charge in [-0.1, -0.05) is 49.9 Å². The van der Waals surface area contributed by atoms with Gasteiger partial charge in [-0.3, -0.25) is 0 Å². The van der Waals surface area contributed by atoms with Gasteiger partial charge in [0.15, 0.2) is 0 Å². The van der Waals surface area contributed by atoms with Gasteiger partial charge in [0.05, 0.1) is 6.10 Å². The van der Waals surface area contributed by atoms with Gasteiger partial charge >= 0.3 is 0 Å². The molecule has 1 unspecified atom stereocenters. The zero-order chi connectivity index (χ0) is 12.1. The Balaban J connectivity index is 2.13. The Labute approximate surface area is 104 Å². The van der Waals surface area contributed by atoms with Crippen LogP contribution in [0, 0.1) is 0 Å². The van der Waals surface area contributed by atoms with Gasteiger partial charge < -0.3 is 10.8 Å². The van der Waals surface area contributed by atoms with Gasteiger partial charge in [-0.15, -0.1) is 0 Å². The molecule has 1 atom stereocenters. The van der Waals surface area contributed by atoms with E-state index in [0.717, 1.165) is 5.56 Å². The smallest absolute Gasteiger partial charge is 0.0912 e. The minimum Gasteiger partial charge on any atom is -0.387 e. The number of aliphatic hydroxyl groups is 1. The number of hydrogen-bond donors (Lipinski definition) is 2. The van der Waals surface area contributed by atoms with Crippen LogP contribution in [-0.2, 0) is 0 Å². The van der Waals surface area contributed by atoms with E-state index < -0.39 is 6.10 Å². The van der Waals surface area contributed by atoms with Gasteiger partial charge in [0.25, 0.3) is 0 Å².